The van der Waals surface area contributed by atoms with E-state index in [1.165, 1.54) is 16.9 Å². The summed E-state index contributed by atoms with van der Waals surface area (Å²) in [6.45, 7) is 2.10. The molecule has 2 heterocycles. The third-order valence-corrected chi connectivity index (χ3v) is 4.57. The van der Waals surface area contributed by atoms with Crippen LogP contribution in [0.3, 0.4) is 0 Å². The summed E-state index contributed by atoms with van der Waals surface area (Å²) in [6.07, 6.45) is 0.437. The zero-order valence-electron chi connectivity index (χ0n) is 8.24. The Kier molecular flexibility index (Phi) is 3.46. The van der Waals surface area contributed by atoms with Gasteiger partial charge in [0.25, 0.3) is 0 Å². The highest BCUT2D eigenvalue weighted by Gasteiger charge is 2.16. The fourth-order valence-corrected chi connectivity index (χ4v) is 3.61. The smallest absolute Gasteiger partial charge is 0.123 e. The molecule has 1 unspecified atom stereocenters. The molecule has 0 fully saturated rings. The lowest BCUT2D eigenvalue weighted by molar-refractivity contribution is 0.227. The zero-order chi connectivity index (χ0) is 10.8. The van der Waals surface area contributed by atoms with Crippen molar-refractivity contribution in [3.05, 3.63) is 43.2 Å². The molecule has 0 saturated carbocycles. The van der Waals surface area contributed by atoms with Crippen LogP contribution in [0.25, 0.3) is 0 Å². The van der Waals surface area contributed by atoms with Gasteiger partial charge in [0.05, 0.1) is 4.34 Å². The zero-order valence-corrected chi connectivity index (χ0v) is 10.6. The van der Waals surface area contributed by atoms with Crippen LogP contribution in [-0.4, -0.2) is 5.11 Å². The number of halogens is 1. The number of hydrogen-bond acceptors (Lipinski definition) is 3. The molecule has 2 rings (SSSR count). The summed E-state index contributed by atoms with van der Waals surface area (Å²) < 4.78 is 0.721. The first-order valence-corrected chi connectivity index (χ1v) is 6.79. The van der Waals surface area contributed by atoms with Crippen LogP contribution in [0.2, 0.25) is 4.34 Å². The maximum Gasteiger partial charge on any atom is 0.123 e. The highest BCUT2D eigenvalue weighted by atomic mass is 35.5. The van der Waals surface area contributed by atoms with E-state index in [2.05, 4.69) is 13.0 Å². The molecule has 2 aromatic heterocycles. The molecule has 4 heteroatoms. The van der Waals surface area contributed by atoms with Gasteiger partial charge in [-0.3, -0.25) is 0 Å². The Morgan fingerprint density at radius 2 is 2.20 bits per heavy atom. The van der Waals surface area contributed by atoms with Gasteiger partial charge in [0.1, 0.15) is 6.10 Å². The van der Waals surface area contributed by atoms with Crippen LogP contribution in [0.4, 0.5) is 0 Å². The second-order valence-electron chi connectivity index (χ2n) is 3.21. The lowest BCUT2D eigenvalue weighted by atomic mass is 10.1. The van der Waals surface area contributed by atoms with Crippen LogP contribution in [0.1, 0.15) is 28.3 Å². The van der Waals surface area contributed by atoms with Gasteiger partial charge in [-0.1, -0.05) is 18.5 Å². The minimum absolute atomic E-state index is 0.516. The molecule has 80 valence electrons. The van der Waals surface area contributed by atoms with Gasteiger partial charge in [0, 0.05) is 9.75 Å². The Hall–Kier alpha value is -0.350. The van der Waals surface area contributed by atoms with E-state index in [1.54, 1.807) is 11.3 Å². The van der Waals surface area contributed by atoms with Gasteiger partial charge in [0.2, 0.25) is 0 Å². The largest absolute Gasteiger partial charge is 0.382 e. The standard InChI is InChI=1S/C11H11ClOS2/c1-2-7-5-6-14-11(7)10(13)8-3-4-9(12)15-8/h3-6,10,13H,2H2,1H3. The third-order valence-electron chi connectivity index (χ3n) is 2.27. The van der Waals surface area contributed by atoms with Gasteiger partial charge in [0.15, 0.2) is 0 Å². The van der Waals surface area contributed by atoms with Crippen molar-refractivity contribution in [3.8, 4) is 0 Å². The average Bonchev–Trinajstić information content (AvgIpc) is 2.84. The van der Waals surface area contributed by atoms with Crippen LogP contribution < -0.4 is 0 Å². The number of aliphatic hydroxyl groups is 1. The van der Waals surface area contributed by atoms with Gasteiger partial charge in [-0.05, 0) is 35.6 Å². The van der Waals surface area contributed by atoms with E-state index in [1.807, 2.05) is 17.5 Å². The molecule has 0 aliphatic heterocycles. The highest BCUT2D eigenvalue weighted by molar-refractivity contribution is 7.16. The molecule has 1 N–H and O–H groups in total. The Balaban J connectivity index is 2.31. The molecule has 2 aromatic rings. The van der Waals surface area contributed by atoms with Gasteiger partial charge in [-0.25, -0.2) is 0 Å². The summed E-state index contributed by atoms with van der Waals surface area (Å²) in [7, 11) is 0. The second-order valence-corrected chi connectivity index (χ2v) is 5.90. The Labute approximate surface area is 102 Å². The van der Waals surface area contributed by atoms with Crippen LogP contribution in [-0.2, 0) is 6.42 Å². The number of hydrogen-bond donors (Lipinski definition) is 1. The molecular formula is C11H11ClOS2. The van der Waals surface area contributed by atoms with E-state index >= 15 is 0 Å². The summed E-state index contributed by atoms with van der Waals surface area (Å²) in [6, 6.07) is 5.78. The van der Waals surface area contributed by atoms with E-state index in [-0.39, 0.29) is 0 Å². The normalized spacial score (nSPS) is 13.0. The van der Waals surface area contributed by atoms with Crippen molar-refractivity contribution in [1.82, 2.24) is 0 Å². The van der Waals surface area contributed by atoms with Gasteiger partial charge >= 0.3 is 0 Å². The number of rotatable bonds is 3. The fourth-order valence-electron chi connectivity index (χ4n) is 1.48. The first kappa shape index (κ1) is 11.1. The van der Waals surface area contributed by atoms with Crippen molar-refractivity contribution in [1.29, 1.82) is 0 Å². The molecule has 0 aliphatic carbocycles. The SMILES string of the molecule is CCc1ccsc1C(O)c1ccc(Cl)s1. The summed E-state index contributed by atoms with van der Waals surface area (Å²) in [5.74, 6) is 0. The van der Waals surface area contributed by atoms with E-state index in [9.17, 15) is 5.11 Å². The van der Waals surface area contributed by atoms with Gasteiger partial charge in [-0.15, -0.1) is 22.7 Å². The van der Waals surface area contributed by atoms with Crippen LogP contribution in [0, 0.1) is 0 Å². The fraction of sp³-hybridized carbons (Fsp3) is 0.273. The average molecular weight is 259 g/mol. The molecule has 1 atom stereocenters. The van der Waals surface area contributed by atoms with Crippen molar-refractivity contribution in [2.24, 2.45) is 0 Å². The van der Waals surface area contributed by atoms with Crippen LogP contribution in [0.5, 0.6) is 0 Å². The molecule has 0 radical (unpaired) electrons. The van der Waals surface area contributed by atoms with Crippen molar-refractivity contribution in [2.75, 3.05) is 0 Å². The molecule has 1 nitrogen and oxygen atoms in total. The lowest BCUT2D eigenvalue weighted by Gasteiger charge is -2.08. The minimum Gasteiger partial charge on any atom is -0.382 e. The lowest BCUT2D eigenvalue weighted by Crippen LogP contribution is -1.97. The number of thiophene rings is 2. The van der Waals surface area contributed by atoms with Crippen LogP contribution in [0.15, 0.2) is 23.6 Å². The predicted octanol–water partition coefficient (Wildman–Crippen LogP) is 4.11. The summed E-state index contributed by atoms with van der Waals surface area (Å²) in [5.41, 5.74) is 1.22. The van der Waals surface area contributed by atoms with Crippen molar-refractivity contribution in [3.63, 3.8) is 0 Å². The maximum absolute atomic E-state index is 10.2. The summed E-state index contributed by atoms with van der Waals surface area (Å²) >= 11 is 8.89. The molecule has 0 aliphatic rings. The van der Waals surface area contributed by atoms with Crippen molar-refractivity contribution < 1.29 is 5.11 Å². The Bertz CT molecular complexity index is 447. The number of aryl methyl sites for hydroxylation is 1. The van der Waals surface area contributed by atoms with Gasteiger partial charge in [-0.2, -0.15) is 0 Å². The van der Waals surface area contributed by atoms with E-state index < -0.39 is 6.10 Å². The molecular weight excluding hydrogens is 248 g/mol. The van der Waals surface area contributed by atoms with E-state index in [0.717, 1.165) is 20.5 Å². The van der Waals surface area contributed by atoms with Crippen LogP contribution >= 0.6 is 34.3 Å². The summed E-state index contributed by atoms with van der Waals surface area (Å²) in [4.78, 5) is 1.95. The Morgan fingerprint density at radius 1 is 1.40 bits per heavy atom. The monoisotopic (exact) mass is 258 g/mol. The van der Waals surface area contributed by atoms with E-state index in [0.29, 0.717) is 0 Å². The molecule has 0 spiro atoms. The Morgan fingerprint density at radius 3 is 2.80 bits per heavy atom. The molecule has 0 bridgehead atoms. The highest BCUT2D eigenvalue weighted by Crippen LogP contribution is 2.35. The van der Waals surface area contributed by atoms with Crippen molar-refractivity contribution in [2.45, 2.75) is 19.4 Å². The molecule has 15 heavy (non-hydrogen) atoms. The summed E-state index contributed by atoms with van der Waals surface area (Å²) in [5, 5.41) is 12.2. The maximum atomic E-state index is 10.2. The molecule has 0 aromatic carbocycles. The molecule has 0 saturated heterocycles. The first-order valence-electron chi connectivity index (χ1n) is 4.72. The second kappa shape index (κ2) is 4.66. The number of aliphatic hydroxyl groups excluding tert-OH is 1. The van der Waals surface area contributed by atoms with Crippen molar-refractivity contribution >= 4 is 34.3 Å². The predicted molar refractivity (Wildman–Crippen MR) is 67.1 cm³/mol. The topological polar surface area (TPSA) is 20.2 Å². The van der Waals surface area contributed by atoms with Gasteiger partial charge < -0.3 is 5.11 Å². The van der Waals surface area contributed by atoms with E-state index in [4.69, 9.17) is 11.6 Å². The molecule has 0 amide bonds. The first-order chi connectivity index (χ1) is 7.22. The minimum atomic E-state index is -0.516. The third kappa shape index (κ3) is 2.26. The quantitative estimate of drug-likeness (QED) is 0.879.